The van der Waals surface area contributed by atoms with Gasteiger partial charge in [-0.1, -0.05) is 61.7 Å². The molecule has 0 N–H and O–H groups in total. The van der Waals surface area contributed by atoms with Crippen LogP contribution in [0.15, 0.2) is 83.9 Å². The van der Waals surface area contributed by atoms with Crippen molar-refractivity contribution in [3.05, 3.63) is 89.4 Å². The zero-order chi connectivity index (χ0) is 15.1. The Labute approximate surface area is 129 Å². The number of benzene rings is 1. The highest BCUT2D eigenvalue weighted by atomic mass is 32.1. The predicted octanol–water partition coefficient (Wildman–Crippen LogP) is 4.99. The van der Waals surface area contributed by atoms with Crippen molar-refractivity contribution in [2.24, 2.45) is 4.99 Å². The first-order chi connectivity index (χ1) is 10.2. The van der Waals surface area contributed by atoms with E-state index < -0.39 is 0 Å². The molecule has 0 saturated carbocycles. The van der Waals surface area contributed by atoms with E-state index in [4.69, 9.17) is 4.99 Å². The maximum absolute atomic E-state index is 4.82. The van der Waals surface area contributed by atoms with Crippen LogP contribution >= 0.6 is 11.3 Å². The van der Waals surface area contributed by atoms with Crippen molar-refractivity contribution in [1.29, 1.82) is 0 Å². The van der Waals surface area contributed by atoms with Crippen LogP contribution in [-0.4, -0.2) is 10.7 Å². The minimum absolute atomic E-state index is 0.105. The Balaban J connectivity index is 2.37. The van der Waals surface area contributed by atoms with Gasteiger partial charge in [0.25, 0.3) is 0 Å². The van der Waals surface area contributed by atoms with E-state index >= 15 is 0 Å². The van der Waals surface area contributed by atoms with Gasteiger partial charge in [0.05, 0.1) is 11.8 Å². The molecule has 1 heterocycles. The Bertz CT molecular complexity index is 652. The molecule has 0 fully saturated rings. The Hall–Kier alpha value is -2.26. The average molecular weight is 294 g/mol. The van der Waals surface area contributed by atoms with Gasteiger partial charge in [0, 0.05) is 11.6 Å². The highest BCUT2D eigenvalue weighted by molar-refractivity contribution is 7.11. The van der Waals surface area contributed by atoms with Crippen molar-refractivity contribution in [2.45, 2.75) is 13.0 Å². The van der Waals surface area contributed by atoms with Crippen LogP contribution in [0.3, 0.4) is 0 Å². The highest BCUT2D eigenvalue weighted by Crippen LogP contribution is 2.26. The maximum Gasteiger partial charge on any atom is 0.136 e. The predicted molar refractivity (Wildman–Crippen MR) is 92.0 cm³/mol. The Morgan fingerprint density at radius 1 is 1.33 bits per heavy atom. The fourth-order valence-corrected chi connectivity index (χ4v) is 2.54. The SMILES string of the molecule is C=C/C=C\C(=C)C(N=C(C)c1nccs1)c1ccccc1. The lowest BCUT2D eigenvalue weighted by atomic mass is 10.00. The third kappa shape index (κ3) is 4.10. The smallest absolute Gasteiger partial charge is 0.136 e. The van der Waals surface area contributed by atoms with Crippen LogP contribution in [0.1, 0.15) is 23.5 Å². The summed E-state index contributed by atoms with van der Waals surface area (Å²) in [6.07, 6.45) is 7.36. The Morgan fingerprint density at radius 2 is 2.10 bits per heavy atom. The minimum Gasteiger partial charge on any atom is -0.274 e. The zero-order valence-corrected chi connectivity index (χ0v) is 12.9. The fraction of sp³-hybridized carbons (Fsp3) is 0.111. The van der Waals surface area contributed by atoms with Crippen LogP contribution < -0.4 is 0 Å². The minimum atomic E-state index is -0.105. The Kier molecular flexibility index (Phi) is 5.41. The summed E-state index contributed by atoms with van der Waals surface area (Å²) in [7, 11) is 0. The van der Waals surface area contributed by atoms with Gasteiger partial charge in [-0.05, 0) is 18.1 Å². The summed E-state index contributed by atoms with van der Waals surface area (Å²) in [5.74, 6) is 0. The van der Waals surface area contributed by atoms with Crippen molar-refractivity contribution in [3.63, 3.8) is 0 Å². The first-order valence-electron chi connectivity index (χ1n) is 6.69. The van der Waals surface area contributed by atoms with Gasteiger partial charge in [-0.25, -0.2) is 4.98 Å². The molecule has 0 radical (unpaired) electrons. The number of hydrogen-bond donors (Lipinski definition) is 0. The lowest BCUT2D eigenvalue weighted by molar-refractivity contribution is 0.874. The molecule has 1 atom stereocenters. The second-order valence-corrected chi connectivity index (χ2v) is 5.43. The lowest BCUT2D eigenvalue weighted by Crippen LogP contribution is -2.03. The van der Waals surface area contributed by atoms with E-state index in [1.807, 2.05) is 42.7 Å². The van der Waals surface area contributed by atoms with Crippen LogP contribution in [0.25, 0.3) is 0 Å². The molecule has 0 bridgehead atoms. The molecule has 2 nitrogen and oxygen atoms in total. The number of rotatable bonds is 6. The topological polar surface area (TPSA) is 25.2 Å². The van der Waals surface area contributed by atoms with E-state index in [0.717, 1.165) is 21.9 Å². The molecular formula is C18H18N2S. The lowest BCUT2D eigenvalue weighted by Gasteiger charge is -2.14. The van der Waals surface area contributed by atoms with Gasteiger partial charge in [0.15, 0.2) is 0 Å². The van der Waals surface area contributed by atoms with E-state index in [2.05, 4.69) is 30.3 Å². The molecule has 2 aromatic rings. The molecule has 0 spiro atoms. The largest absolute Gasteiger partial charge is 0.274 e. The highest BCUT2D eigenvalue weighted by Gasteiger charge is 2.13. The maximum atomic E-state index is 4.82. The van der Waals surface area contributed by atoms with Crippen LogP contribution in [0, 0.1) is 0 Å². The quantitative estimate of drug-likeness (QED) is 0.544. The summed E-state index contributed by atoms with van der Waals surface area (Å²) < 4.78 is 0. The summed E-state index contributed by atoms with van der Waals surface area (Å²) in [6.45, 7) is 9.82. The second-order valence-electron chi connectivity index (χ2n) is 4.53. The molecule has 0 aliphatic heterocycles. The number of nitrogens with zero attached hydrogens (tertiary/aromatic N) is 2. The molecule has 0 saturated heterocycles. The van der Waals surface area contributed by atoms with Crippen LogP contribution in [0.5, 0.6) is 0 Å². The van der Waals surface area contributed by atoms with E-state index in [9.17, 15) is 0 Å². The van der Waals surface area contributed by atoms with E-state index in [0.29, 0.717) is 0 Å². The zero-order valence-electron chi connectivity index (χ0n) is 12.1. The molecule has 0 aliphatic rings. The molecule has 106 valence electrons. The van der Waals surface area contributed by atoms with Gasteiger partial charge in [-0.2, -0.15) is 0 Å². The van der Waals surface area contributed by atoms with Crippen LogP contribution in [0.4, 0.5) is 0 Å². The number of aliphatic imine (C=N–C) groups is 1. The first kappa shape index (κ1) is 15.1. The summed E-state index contributed by atoms with van der Waals surface area (Å²) in [5, 5.41) is 2.90. The molecule has 1 unspecified atom stereocenters. The first-order valence-corrected chi connectivity index (χ1v) is 7.57. The number of allylic oxidation sites excluding steroid dienone is 2. The summed E-state index contributed by atoms with van der Waals surface area (Å²) in [6, 6.07) is 10.1. The van der Waals surface area contributed by atoms with Crippen LogP contribution in [0.2, 0.25) is 0 Å². The molecule has 1 aromatic carbocycles. The third-order valence-corrected chi connectivity index (χ3v) is 3.86. The van der Waals surface area contributed by atoms with Gasteiger partial charge >= 0.3 is 0 Å². The van der Waals surface area contributed by atoms with Crippen molar-refractivity contribution in [3.8, 4) is 0 Å². The van der Waals surface area contributed by atoms with E-state index in [-0.39, 0.29) is 6.04 Å². The van der Waals surface area contributed by atoms with Crippen LogP contribution in [-0.2, 0) is 0 Å². The monoisotopic (exact) mass is 294 g/mol. The average Bonchev–Trinajstić information content (AvgIpc) is 3.05. The number of thiazole rings is 1. The normalized spacial score (nSPS) is 13.3. The molecule has 2 rings (SSSR count). The van der Waals surface area contributed by atoms with Gasteiger partial charge in [0.2, 0.25) is 0 Å². The number of hydrogen-bond acceptors (Lipinski definition) is 3. The molecular weight excluding hydrogens is 276 g/mol. The van der Waals surface area contributed by atoms with Crippen molar-refractivity contribution in [1.82, 2.24) is 4.98 Å². The summed E-state index contributed by atoms with van der Waals surface area (Å²) in [4.78, 5) is 9.13. The molecule has 21 heavy (non-hydrogen) atoms. The second kappa shape index (κ2) is 7.50. The van der Waals surface area contributed by atoms with Gasteiger partial charge in [0.1, 0.15) is 5.01 Å². The van der Waals surface area contributed by atoms with E-state index in [1.165, 1.54) is 0 Å². The Morgan fingerprint density at radius 3 is 2.71 bits per heavy atom. The number of aromatic nitrogens is 1. The summed E-state index contributed by atoms with van der Waals surface area (Å²) in [5.41, 5.74) is 2.97. The molecule has 3 heteroatoms. The third-order valence-electron chi connectivity index (χ3n) is 2.98. The molecule has 0 aliphatic carbocycles. The van der Waals surface area contributed by atoms with Gasteiger partial charge < -0.3 is 0 Å². The summed E-state index contributed by atoms with van der Waals surface area (Å²) >= 11 is 1.59. The van der Waals surface area contributed by atoms with Gasteiger partial charge in [-0.3, -0.25) is 4.99 Å². The fourth-order valence-electron chi connectivity index (χ4n) is 1.94. The van der Waals surface area contributed by atoms with Crippen molar-refractivity contribution < 1.29 is 0 Å². The van der Waals surface area contributed by atoms with E-state index in [1.54, 1.807) is 23.6 Å². The standard InChI is InChI=1S/C18H18N2S/c1-4-5-9-14(2)17(16-10-7-6-8-11-16)20-15(3)18-19-12-13-21-18/h4-13,17H,1-2H2,3H3/b9-5-,20-15?. The van der Waals surface area contributed by atoms with Crippen molar-refractivity contribution in [2.75, 3.05) is 0 Å². The van der Waals surface area contributed by atoms with Crippen molar-refractivity contribution >= 4 is 17.0 Å². The van der Waals surface area contributed by atoms with Gasteiger partial charge in [-0.15, -0.1) is 11.3 Å². The molecule has 0 amide bonds. The molecule has 1 aromatic heterocycles.